The third-order valence-corrected chi connectivity index (χ3v) is 5.86. The second kappa shape index (κ2) is 9.36. The predicted molar refractivity (Wildman–Crippen MR) is 118 cm³/mol. The van der Waals surface area contributed by atoms with Crippen LogP contribution in [0.2, 0.25) is 5.02 Å². The van der Waals surface area contributed by atoms with Gasteiger partial charge in [0.15, 0.2) is 5.17 Å². The summed E-state index contributed by atoms with van der Waals surface area (Å²) in [5.74, 6) is -0.507. The van der Waals surface area contributed by atoms with E-state index in [1.165, 1.54) is 11.8 Å². The van der Waals surface area contributed by atoms with Crippen molar-refractivity contribution in [2.75, 3.05) is 5.32 Å². The second-order valence-electron chi connectivity index (χ2n) is 5.93. The van der Waals surface area contributed by atoms with Crippen LogP contribution in [-0.2, 0) is 9.59 Å². The third-order valence-electron chi connectivity index (χ3n) is 3.85. The maximum absolute atomic E-state index is 12.2. The molecule has 0 aromatic heterocycles. The zero-order chi connectivity index (χ0) is 20.1. The first-order valence-electron chi connectivity index (χ1n) is 8.32. The van der Waals surface area contributed by atoms with Crippen LogP contribution < -0.4 is 10.6 Å². The standard InChI is InChI=1S/C19H16BrClN4O2S/c1-11(12-6-8-13(21)9-7-12)24-25-19-23-18(27)16(28-19)10-17(26)22-15-5-3-2-4-14(15)20/h2-9,16H,10H2,1H3,(H,22,26)(H,23,25,27)/b24-11-. The zero-order valence-corrected chi connectivity index (χ0v) is 17.9. The summed E-state index contributed by atoms with van der Waals surface area (Å²) in [6, 6.07) is 14.5. The molecule has 3 rings (SSSR count). The van der Waals surface area contributed by atoms with Crippen LogP contribution in [0.25, 0.3) is 0 Å². The third kappa shape index (κ3) is 5.43. The molecule has 9 heteroatoms. The van der Waals surface area contributed by atoms with Gasteiger partial charge in [0.2, 0.25) is 11.8 Å². The molecule has 2 aromatic rings. The molecular weight excluding hydrogens is 464 g/mol. The van der Waals surface area contributed by atoms with Crippen LogP contribution in [0.15, 0.2) is 63.2 Å². The lowest BCUT2D eigenvalue weighted by atomic mass is 10.1. The van der Waals surface area contributed by atoms with Gasteiger partial charge in [0, 0.05) is 15.9 Å². The van der Waals surface area contributed by atoms with E-state index in [1.807, 2.05) is 37.3 Å². The molecule has 0 saturated carbocycles. The van der Waals surface area contributed by atoms with E-state index in [-0.39, 0.29) is 18.2 Å². The number of hydrogen-bond donors (Lipinski definition) is 2. The Balaban J connectivity index is 1.60. The van der Waals surface area contributed by atoms with Crippen molar-refractivity contribution in [3.05, 3.63) is 63.6 Å². The van der Waals surface area contributed by atoms with Crippen LogP contribution in [0.4, 0.5) is 5.69 Å². The molecule has 1 atom stereocenters. The normalized spacial score (nSPS) is 18.2. The molecule has 0 radical (unpaired) electrons. The molecular formula is C19H16BrClN4O2S. The number of thioether (sulfide) groups is 1. The summed E-state index contributed by atoms with van der Waals surface area (Å²) in [4.78, 5) is 24.4. The Morgan fingerprint density at radius 3 is 2.68 bits per heavy atom. The first-order valence-corrected chi connectivity index (χ1v) is 10.4. The SMILES string of the molecule is C/C(=N/N=C1\NC(=O)C(CC(=O)Nc2ccccc2Br)S1)c1ccc(Cl)cc1. The number of anilines is 1. The van der Waals surface area contributed by atoms with Gasteiger partial charge in [-0.1, -0.05) is 47.6 Å². The molecule has 2 N–H and O–H groups in total. The van der Waals surface area contributed by atoms with Crippen LogP contribution in [0.1, 0.15) is 18.9 Å². The molecule has 0 spiro atoms. The van der Waals surface area contributed by atoms with E-state index < -0.39 is 5.25 Å². The Kier molecular flexibility index (Phi) is 6.88. The second-order valence-corrected chi connectivity index (χ2v) is 8.41. The monoisotopic (exact) mass is 478 g/mol. The van der Waals surface area contributed by atoms with Gasteiger partial charge in [-0.2, -0.15) is 5.10 Å². The summed E-state index contributed by atoms with van der Waals surface area (Å²) in [5, 5.41) is 14.2. The van der Waals surface area contributed by atoms with E-state index in [1.54, 1.807) is 18.2 Å². The van der Waals surface area contributed by atoms with Crippen molar-refractivity contribution in [1.29, 1.82) is 0 Å². The number of benzene rings is 2. The number of hydrogen-bond acceptors (Lipinski definition) is 5. The molecule has 1 unspecified atom stereocenters. The molecule has 1 saturated heterocycles. The van der Waals surface area contributed by atoms with E-state index >= 15 is 0 Å². The van der Waals surface area contributed by atoms with Crippen molar-refractivity contribution < 1.29 is 9.59 Å². The van der Waals surface area contributed by atoms with Crippen LogP contribution in [0.5, 0.6) is 0 Å². The summed E-state index contributed by atoms with van der Waals surface area (Å²) in [7, 11) is 0. The summed E-state index contributed by atoms with van der Waals surface area (Å²) >= 11 is 10.4. The highest BCUT2D eigenvalue weighted by molar-refractivity contribution is 9.10. The molecule has 1 heterocycles. The topological polar surface area (TPSA) is 82.9 Å². The Bertz CT molecular complexity index is 963. The Morgan fingerprint density at radius 1 is 1.25 bits per heavy atom. The van der Waals surface area contributed by atoms with E-state index in [4.69, 9.17) is 11.6 Å². The number of nitrogens with one attached hydrogen (secondary N) is 2. The van der Waals surface area contributed by atoms with Gasteiger partial charge in [-0.25, -0.2) is 0 Å². The lowest BCUT2D eigenvalue weighted by Crippen LogP contribution is -2.28. The molecule has 6 nitrogen and oxygen atoms in total. The fourth-order valence-corrected chi connectivity index (χ4v) is 3.82. The quantitative estimate of drug-likeness (QED) is 0.491. The average Bonchev–Trinajstić information content (AvgIpc) is 3.01. The smallest absolute Gasteiger partial charge is 0.240 e. The van der Waals surface area contributed by atoms with Gasteiger partial charge >= 0.3 is 0 Å². The van der Waals surface area contributed by atoms with Gasteiger partial charge in [-0.05, 0) is 52.7 Å². The average molecular weight is 480 g/mol. The number of nitrogens with zero attached hydrogens (tertiary/aromatic N) is 2. The number of amidine groups is 1. The van der Waals surface area contributed by atoms with Crippen molar-refractivity contribution in [2.45, 2.75) is 18.6 Å². The Morgan fingerprint density at radius 2 is 1.96 bits per heavy atom. The number of carbonyl (C=O) groups excluding carboxylic acids is 2. The van der Waals surface area contributed by atoms with Gasteiger partial charge in [-0.15, -0.1) is 5.10 Å². The van der Waals surface area contributed by atoms with Crippen molar-refractivity contribution in [3.8, 4) is 0 Å². The van der Waals surface area contributed by atoms with Crippen molar-refractivity contribution in [3.63, 3.8) is 0 Å². The Hall–Kier alpha value is -2.16. The largest absolute Gasteiger partial charge is 0.325 e. The number of carbonyl (C=O) groups is 2. The minimum atomic E-state index is -0.549. The van der Waals surface area contributed by atoms with Crippen LogP contribution in [-0.4, -0.2) is 27.9 Å². The van der Waals surface area contributed by atoms with Crippen molar-refractivity contribution in [1.82, 2.24) is 5.32 Å². The predicted octanol–water partition coefficient (Wildman–Crippen LogP) is 4.44. The molecule has 0 bridgehead atoms. The number of halogens is 2. The summed E-state index contributed by atoms with van der Waals surface area (Å²) in [6.45, 7) is 1.82. The van der Waals surface area contributed by atoms with Gasteiger partial charge in [-0.3, -0.25) is 9.59 Å². The van der Waals surface area contributed by atoms with E-state index in [2.05, 4.69) is 36.8 Å². The van der Waals surface area contributed by atoms with E-state index in [0.29, 0.717) is 21.6 Å². The van der Waals surface area contributed by atoms with Crippen LogP contribution >= 0.6 is 39.3 Å². The van der Waals surface area contributed by atoms with Crippen LogP contribution in [0, 0.1) is 0 Å². The number of para-hydroxylation sites is 1. The molecule has 28 heavy (non-hydrogen) atoms. The summed E-state index contributed by atoms with van der Waals surface area (Å²) < 4.78 is 0.779. The summed E-state index contributed by atoms with van der Waals surface area (Å²) in [6.07, 6.45) is 0.0384. The molecule has 0 aliphatic carbocycles. The maximum atomic E-state index is 12.2. The number of rotatable bonds is 5. The fourth-order valence-electron chi connectivity index (χ4n) is 2.39. The molecule has 1 aliphatic rings. The highest BCUT2D eigenvalue weighted by Crippen LogP contribution is 2.25. The van der Waals surface area contributed by atoms with Gasteiger partial charge < -0.3 is 10.6 Å². The minimum Gasteiger partial charge on any atom is -0.325 e. The van der Waals surface area contributed by atoms with E-state index in [9.17, 15) is 9.59 Å². The van der Waals surface area contributed by atoms with E-state index in [0.717, 1.165) is 10.0 Å². The summed E-state index contributed by atoms with van der Waals surface area (Å²) in [5.41, 5.74) is 2.23. The molecule has 144 valence electrons. The molecule has 1 fully saturated rings. The lowest BCUT2D eigenvalue weighted by Gasteiger charge is -2.08. The molecule has 1 aliphatic heterocycles. The van der Waals surface area contributed by atoms with Crippen LogP contribution in [0.3, 0.4) is 0 Å². The fraction of sp³-hybridized carbons (Fsp3) is 0.158. The molecule has 2 aromatic carbocycles. The van der Waals surface area contributed by atoms with Gasteiger partial charge in [0.05, 0.1) is 11.4 Å². The highest BCUT2D eigenvalue weighted by atomic mass is 79.9. The first-order chi connectivity index (χ1) is 13.4. The highest BCUT2D eigenvalue weighted by Gasteiger charge is 2.32. The molecule has 2 amide bonds. The number of amides is 2. The maximum Gasteiger partial charge on any atom is 0.240 e. The van der Waals surface area contributed by atoms with Crippen molar-refractivity contribution in [2.24, 2.45) is 10.2 Å². The van der Waals surface area contributed by atoms with Gasteiger partial charge in [0.25, 0.3) is 0 Å². The van der Waals surface area contributed by atoms with Crippen molar-refractivity contribution >= 4 is 67.7 Å². The Labute approximate surface area is 180 Å². The lowest BCUT2D eigenvalue weighted by molar-refractivity contribution is -0.122. The first kappa shape index (κ1) is 20.6. The van der Waals surface area contributed by atoms with Gasteiger partial charge in [0.1, 0.15) is 5.25 Å². The minimum absolute atomic E-state index is 0.0384. The zero-order valence-electron chi connectivity index (χ0n) is 14.8.